The Labute approximate surface area is 118 Å². The van der Waals surface area contributed by atoms with Crippen molar-refractivity contribution in [1.29, 1.82) is 0 Å². The summed E-state index contributed by atoms with van der Waals surface area (Å²) < 4.78 is 5.16. The summed E-state index contributed by atoms with van der Waals surface area (Å²) in [6, 6.07) is 8.94. The smallest absolute Gasteiger partial charge is 0.118 e. The zero-order valence-electron chi connectivity index (χ0n) is 12.8. The van der Waals surface area contributed by atoms with E-state index in [0.717, 1.165) is 25.3 Å². The summed E-state index contributed by atoms with van der Waals surface area (Å²) in [7, 11) is 5.94. The molecule has 0 bridgehead atoms. The third-order valence-electron chi connectivity index (χ3n) is 3.30. The first-order valence-electron chi connectivity index (χ1n) is 7.13. The van der Waals surface area contributed by atoms with Gasteiger partial charge >= 0.3 is 0 Å². The fraction of sp³-hybridized carbons (Fsp3) is 0.625. The topological polar surface area (TPSA) is 24.5 Å². The lowest BCUT2D eigenvalue weighted by atomic mass is 10.1. The van der Waals surface area contributed by atoms with E-state index in [1.54, 1.807) is 7.11 Å². The molecule has 108 valence electrons. The van der Waals surface area contributed by atoms with Crippen LogP contribution >= 0.6 is 0 Å². The molecule has 3 nitrogen and oxygen atoms in total. The molecular weight excluding hydrogens is 236 g/mol. The van der Waals surface area contributed by atoms with Crippen LogP contribution in [0.25, 0.3) is 0 Å². The lowest BCUT2D eigenvalue weighted by molar-refractivity contribution is 0.385. The Bertz CT molecular complexity index is 335. The Morgan fingerprint density at radius 3 is 2.47 bits per heavy atom. The molecule has 1 atom stereocenters. The second kappa shape index (κ2) is 8.94. The lowest BCUT2D eigenvalue weighted by Crippen LogP contribution is -2.29. The first kappa shape index (κ1) is 16.0. The van der Waals surface area contributed by atoms with Gasteiger partial charge in [0.25, 0.3) is 0 Å². The van der Waals surface area contributed by atoms with Crippen molar-refractivity contribution in [2.75, 3.05) is 34.3 Å². The van der Waals surface area contributed by atoms with Gasteiger partial charge in [-0.3, -0.25) is 0 Å². The van der Waals surface area contributed by atoms with Crippen LogP contribution in [0.4, 0.5) is 0 Å². The van der Waals surface area contributed by atoms with E-state index < -0.39 is 0 Å². The summed E-state index contributed by atoms with van der Waals surface area (Å²) in [5.41, 5.74) is 1.38. The maximum atomic E-state index is 5.16. The molecule has 0 saturated heterocycles. The Morgan fingerprint density at radius 1 is 1.21 bits per heavy atom. The third kappa shape index (κ3) is 7.19. The van der Waals surface area contributed by atoms with Gasteiger partial charge in [0.2, 0.25) is 0 Å². The standard InChI is InChI=1S/C16H28N2O/c1-14(17-12-5-13-18(2)3)6-7-15-8-10-16(19-4)11-9-15/h8-11,14,17H,5-7,12-13H2,1-4H3/t14-/m0/s1. The minimum absolute atomic E-state index is 0.573. The van der Waals surface area contributed by atoms with Crippen molar-refractivity contribution in [1.82, 2.24) is 10.2 Å². The Morgan fingerprint density at radius 2 is 1.89 bits per heavy atom. The van der Waals surface area contributed by atoms with Crippen LogP contribution in [-0.4, -0.2) is 45.2 Å². The molecule has 0 spiro atoms. The third-order valence-corrected chi connectivity index (χ3v) is 3.30. The highest BCUT2D eigenvalue weighted by Gasteiger charge is 2.02. The highest BCUT2D eigenvalue weighted by molar-refractivity contribution is 5.27. The number of hydrogen-bond donors (Lipinski definition) is 1. The van der Waals surface area contributed by atoms with Gasteiger partial charge in [-0.2, -0.15) is 0 Å². The predicted octanol–water partition coefficient (Wildman–Crippen LogP) is 2.56. The number of nitrogens with one attached hydrogen (secondary N) is 1. The number of benzene rings is 1. The lowest BCUT2D eigenvalue weighted by Gasteiger charge is -2.15. The van der Waals surface area contributed by atoms with Gasteiger partial charge in [-0.15, -0.1) is 0 Å². The molecule has 0 amide bonds. The summed E-state index contributed by atoms with van der Waals surface area (Å²) in [5, 5.41) is 3.58. The van der Waals surface area contributed by atoms with E-state index in [2.05, 4.69) is 43.4 Å². The summed E-state index contributed by atoms with van der Waals surface area (Å²) in [6.45, 7) is 4.51. The van der Waals surface area contributed by atoms with Crippen LogP contribution in [-0.2, 0) is 6.42 Å². The number of nitrogens with zero attached hydrogens (tertiary/aromatic N) is 1. The maximum absolute atomic E-state index is 5.16. The van der Waals surface area contributed by atoms with E-state index in [1.807, 2.05) is 12.1 Å². The van der Waals surface area contributed by atoms with Crippen LogP contribution < -0.4 is 10.1 Å². The van der Waals surface area contributed by atoms with Crippen molar-refractivity contribution < 1.29 is 4.74 Å². The maximum Gasteiger partial charge on any atom is 0.118 e. The number of ether oxygens (including phenoxy) is 1. The molecule has 1 aromatic rings. The molecule has 0 radical (unpaired) electrons. The Kier molecular flexibility index (Phi) is 7.53. The van der Waals surface area contributed by atoms with E-state index in [9.17, 15) is 0 Å². The number of rotatable bonds is 9. The molecule has 3 heteroatoms. The van der Waals surface area contributed by atoms with Crippen molar-refractivity contribution in [2.45, 2.75) is 32.2 Å². The average molecular weight is 264 g/mol. The zero-order chi connectivity index (χ0) is 14.1. The van der Waals surface area contributed by atoms with Crippen molar-refractivity contribution in [3.05, 3.63) is 29.8 Å². The number of aryl methyl sites for hydroxylation is 1. The van der Waals surface area contributed by atoms with E-state index in [-0.39, 0.29) is 0 Å². The van der Waals surface area contributed by atoms with Gasteiger partial charge in [0.1, 0.15) is 5.75 Å². The molecule has 0 unspecified atom stereocenters. The molecule has 0 aliphatic carbocycles. The van der Waals surface area contributed by atoms with E-state index in [4.69, 9.17) is 4.74 Å². The first-order valence-corrected chi connectivity index (χ1v) is 7.13. The normalized spacial score (nSPS) is 12.7. The molecule has 0 aliphatic heterocycles. The van der Waals surface area contributed by atoms with Crippen molar-refractivity contribution in [2.24, 2.45) is 0 Å². The Balaban J connectivity index is 2.16. The quantitative estimate of drug-likeness (QED) is 0.694. The summed E-state index contributed by atoms with van der Waals surface area (Å²) in [5.74, 6) is 0.929. The molecule has 0 fully saturated rings. The van der Waals surface area contributed by atoms with Crippen LogP contribution in [0.1, 0.15) is 25.3 Å². The van der Waals surface area contributed by atoms with Crippen molar-refractivity contribution >= 4 is 0 Å². The van der Waals surface area contributed by atoms with E-state index in [1.165, 1.54) is 18.4 Å². The van der Waals surface area contributed by atoms with Gasteiger partial charge in [-0.05, 0) is 71.1 Å². The fourth-order valence-corrected chi connectivity index (χ4v) is 2.02. The molecule has 19 heavy (non-hydrogen) atoms. The largest absolute Gasteiger partial charge is 0.497 e. The average Bonchev–Trinajstić information content (AvgIpc) is 2.41. The van der Waals surface area contributed by atoms with Gasteiger partial charge in [-0.1, -0.05) is 12.1 Å². The summed E-state index contributed by atoms with van der Waals surface area (Å²) >= 11 is 0. The first-order chi connectivity index (χ1) is 9.11. The van der Waals surface area contributed by atoms with Gasteiger partial charge in [0.15, 0.2) is 0 Å². The summed E-state index contributed by atoms with van der Waals surface area (Å²) in [4.78, 5) is 2.23. The van der Waals surface area contributed by atoms with Crippen LogP contribution in [0.3, 0.4) is 0 Å². The zero-order valence-corrected chi connectivity index (χ0v) is 12.8. The van der Waals surface area contributed by atoms with Crippen LogP contribution in [0, 0.1) is 0 Å². The fourth-order valence-electron chi connectivity index (χ4n) is 2.02. The highest BCUT2D eigenvalue weighted by atomic mass is 16.5. The minimum Gasteiger partial charge on any atom is -0.497 e. The highest BCUT2D eigenvalue weighted by Crippen LogP contribution is 2.13. The number of methoxy groups -OCH3 is 1. The number of hydrogen-bond acceptors (Lipinski definition) is 3. The minimum atomic E-state index is 0.573. The second-order valence-electron chi connectivity index (χ2n) is 5.40. The molecule has 0 aromatic heterocycles. The van der Waals surface area contributed by atoms with Gasteiger partial charge in [-0.25, -0.2) is 0 Å². The monoisotopic (exact) mass is 264 g/mol. The molecule has 0 aliphatic rings. The van der Waals surface area contributed by atoms with Crippen LogP contribution in [0.5, 0.6) is 5.75 Å². The molecule has 0 heterocycles. The van der Waals surface area contributed by atoms with Gasteiger partial charge < -0.3 is 15.0 Å². The van der Waals surface area contributed by atoms with Crippen LogP contribution in [0.2, 0.25) is 0 Å². The van der Waals surface area contributed by atoms with Gasteiger partial charge in [0.05, 0.1) is 7.11 Å². The Hall–Kier alpha value is -1.06. The van der Waals surface area contributed by atoms with E-state index in [0.29, 0.717) is 6.04 Å². The predicted molar refractivity (Wildman–Crippen MR) is 82.0 cm³/mol. The summed E-state index contributed by atoms with van der Waals surface area (Å²) in [6.07, 6.45) is 3.50. The molecule has 1 rings (SSSR count). The molecule has 1 N–H and O–H groups in total. The van der Waals surface area contributed by atoms with Crippen molar-refractivity contribution in [3.63, 3.8) is 0 Å². The van der Waals surface area contributed by atoms with Gasteiger partial charge in [0, 0.05) is 6.04 Å². The van der Waals surface area contributed by atoms with Crippen molar-refractivity contribution in [3.8, 4) is 5.75 Å². The van der Waals surface area contributed by atoms with E-state index >= 15 is 0 Å². The molecular formula is C16H28N2O. The SMILES string of the molecule is COc1ccc(CC[C@H](C)NCCCN(C)C)cc1. The van der Waals surface area contributed by atoms with Crippen LogP contribution in [0.15, 0.2) is 24.3 Å². The molecule has 1 aromatic carbocycles. The second-order valence-corrected chi connectivity index (χ2v) is 5.40. The molecule has 0 saturated carbocycles.